The molecule has 4 heteroatoms. The first-order valence-corrected chi connectivity index (χ1v) is 3.36. The van der Waals surface area contributed by atoms with E-state index in [1.165, 1.54) is 0 Å². The van der Waals surface area contributed by atoms with Crippen molar-refractivity contribution in [1.82, 2.24) is 0 Å². The van der Waals surface area contributed by atoms with Crippen molar-refractivity contribution in [2.24, 2.45) is 0 Å². The second-order valence-corrected chi connectivity index (χ2v) is 2.31. The lowest BCUT2D eigenvalue weighted by molar-refractivity contribution is -0.191. The minimum atomic E-state index is -0.611. The van der Waals surface area contributed by atoms with Crippen LogP contribution >= 0.6 is 0 Å². The zero-order valence-electron chi connectivity index (χ0n) is 4.13. The van der Waals surface area contributed by atoms with Crippen LogP contribution < -0.4 is 0 Å². The topological polar surface area (TPSA) is 51.2 Å². The van der Waals surface area contributed by atoms with Crippen LogP contribution in [-0.4, -0.2) is 22.9 Å². The molecule has 0 aliphatic carbocycles. The van der Waals surface area contributed by atoms with Crippen molar-refractivity contribution in [2.45, 2.75) is 0 Å². The molecule has 3 nitrogen and oxygen atoms in total. The molecule has 0 saturated heterocycles. The first kappa shape index (κ1) is 9.73. The van der Waals surface area contributed by atoms with Gasteiger partial charge in [-0.25, -0.2) is 0 Å². The van der Waals surface area contributed by atoms with Gasteiger partial charge in [0.25, 0.3) is 0 Å². The molecular weight excluding hydrogens is 116 g/mol. The van der Waals surface area contributed by atoms with E-state index >= 15 is 0 Å². The molecule has 0 spiro atoms. The quantitative estimate of drug-likeness (QED) is 0.431. The molecule has 0 radical (unpaired) electrons. The zero-order valence-corrected chi connectivity index (χ0v) is 4.95. The van der Waals surface area contributed by atoms with Crippen LogP contribution in [0.3, 0.4) is 0 Å². The first-order chi connectivity index (χ1) is 3.15. The molecule has 0 aliphatic rings. The Morgan fingerprint density at radius 2 is 1.29 bits per heavy atom. The van der Waals surface area contributed by atoms with E-state index in [0.29, 0.717) is 0 Å². The van der Waals surface area contributed by atoms with Gasteiger partial charge in [0.1, 0.15) is 0 Å². The Bertz CT molecular complexity index is 78.2. The number of hydrogen-bond donors (Lipinski definition) is 0. The van der Waals surface area contributed by atoms with Gasteiger partial charge in [-0.05, 0) is 0 Å². The molecule has 0 saturated carbocycles. The molecule has 0 atom stereocenters. The Labute approximate surface area is 44.2 Å². The third kappa shape index (κ3) is 312. The van der Waals surface area contributed by atoms with Crippen LogP contribution in [0.25, 0.3) is 0 Å². The highest BCUT2D eigenvalue weighted by molar-refractivity contribution is 7.83. The summed E-state index contributed by atoms with van der Waals surface area (Å²) in [5, 5.41) is 0. The molecule has 0 amide bonds. The van der Waals surface area contributed by atoms with Gasteiger partial charge in [-0.3, -0.25) is 4.21 Å². The van der Waals surface area contributed by atoms with Gasteiger partial charge in [-0.15, -0.1) is 0 Å². The summed E-state index contributed by atoms with van der Waals surface area (Å²) in [4.78, 5) is 16.2. The van der Waals surface area contributed by atoms with Crippen LogP contribution in [0.2, 0.25) is 0 Å². The third-order valence-electron chi connectivity index (χ3n) is 0. The molecule has 42 valence electrons. The largest absolute Gasteiger partial charge is 0.373 e. The second-order valence-electron chi connectivity index (χ2n) is 0.825. The number of rotatable bonds is 0. The zero-order chi connectivity index (χ0) is 6.28. The van der Waals surface area contributed by atoms with Crippen molar-refractivity contribution in [1.29, 1.82) is 0 Å². The Balaban J connectivity index is 0. The summed E-state index contributed by atoms with van der Waals surface area (Å²) in [6.45, 7) is 0. The summed E-state index contributed by atoms with van der Waals surface area (Å²) in [6.07, 6.45) is 3.53. The molecule has 0 bridgehead atoms. The third-order valence-corrected chi connectivity index (χ3v) is 0. The van der Waals surface area contributed by atoms with Crippen LogP contribution in [0.15, 0.2) is 0 Å². The van der Waals surface area contributed by atoms with Gasteiger partial charge in [-0.2, -0.15) is 9.59 Å². The van der Waals surface area contributed by atoms with Crippen LogP contribution in [0.4, 0.5) is 0 Å². The summed E-state index contributed by atoms with van der Waals surface area (Å²) in [7, 11) is -0.611. The Kier molecular flexibility index (Phi) is 12.7. The van der Waals surface area contributed by atoms with Crippen LogP contribution in [0.1, 0.15) is 0 Å². The van der Waals surface area contributed by atoms with Gasteiger partial charge >= 0.3 is 6.15 Å². The predicted molar refractivity (Wildman–Crippen MR) is 25.0 cm³/mol. The molecule has 0 aliphatic heterocycles. The lowest BCUT2D eigenvalue weighted by Gasteiger charge is -1.60. The minimum Gasteiger partial charge on any atom is -0.260 e. The first-order valence-electron chi connectivity index (χ1n) is 1.39. The van der Waals surface area contributed by atoms with Gasteiger partial charge in [0, 0.05) is 23.3 Å². The fourth-order valence-electron chi connectivity index (χ4n) is 0. The minimum absolute atomic E-state index is 0.250. The van der Waals surface area contributed by atoms with E-state index in [4.69, 9.17) is 9.59 Å². The van der Waals surface area contributed by atoms with E-state index in [-0.39, 0.29) is 6.15 Å². The smallest absolute Gasteiger partial charge is 0.260 e. The SMILES string of the molecule is CS(C)=O.O=C=O. The monoisotopic (exact) mass is 122 g/mol. The van der Waals surface area contributed by atoms with E-state index in [0.717, 1.165) is 0 Å². The average Bonchev–Trinajstić information content (AvgIpc) is 1.33. The van der Waals surface area contributed by atoms with E-state index < -0.39 is 10.8 Å². The molecule has 7 heavy (non-hydrogen) atoms. The Morgan fingerprint density at radius 1 is 1.29 bits per heavy atom. The normalized spacial score (nSPS) is 6.14. The van der Waals surface area contributed by atoms with Crippen molar-refractivity contribution in [3.05, 3.63) is 0 Å². The summed E-state index contributed by atoms with van der Waals surface area (Å²) in [5.74, 6) is 0. The lowest BCUT2D eigenvalue weighted by Crippen LogP contribution is -1.70. The average molecular weight is 122 g/mol. The van der Waals surface area contributed by atoms with Crippen molar-refractivity contribution in [3.8, 4) is 0 Å². The fraction of sp³-hybridized carbons (Fsp3) is 0.667. The predicted octanol–water partition coefficient (Wildman–Crippen LogP) is -0.589. The van der Waals surface area contributed by atoms with Crippen molar-refractivity contribution in [2.75, 3.05) is 12.5 Å². The van der Waals surface area contributed by atoms with Crippen molar-refractivity contribution in [3.63, 3.8) is 0 Å². The van der Waals surface area contributed by atoms with Gasteiger partial charge in [0.05, 0.1) is 0 Å². The molecule has 0 aromatic carbocycles. The van der Waals surface area contributed by atoms with Gasteiger partial charge in [-0.1, -0.05) is 0 Å². The summed E-state index contributed by atoms with van der Waals surface area (Å²) < 4.78 is 9.56. The lowest BCUT2D eigenvalue weighted by atomic mass is 11.8. The maximum atomic E-state index is 9.56. The van der Waals surface area contributed by atoms with Gasteiger partial charge in [0.2, 0.25) is 0 Å². The molecule has 0 rings (SSSR count). The fourth-order valence-corrected chi connectivity index (χ4v) is 0. The van der Waals surface area contributed by atoms with Crippen molar-refractivity contribution >= 4 is 17.0 Å². The number of carbonyl (C=O) groups excluding carboxylic acids is 2. The van der Waals surface area contributed by atoms with Gasteiger partial charge in [0.15, 0.2) is 0 Å². The Hall–Kier alpha value is -0.470. The molecule has 0 heterocycles. The van der Waals surface area contributed by atoms with E-state index in [9.17, 15) is 4.21 Å². The highest BCUT2D eigenvalue weighted by Gasteiger charge is 1.57. The standard InChI is InChI=1S/C2H6OS.CO2/c1-4(2)3;2-1-3/h1-2H3;. The molecule has 0 N–H and O–H groups in total. The highest BCUT2D eigenvalue weighted by atomic mass is 32.2. The molecular formula is C3H6O3S. The summed E-state index contributed by atoms with van der Waals surface area (Å²) in [5.41, 5.74) is 0. The van der Waals surface area contributed by atoms with E-state index in [1.54, 1.807) is 12.5 Å². The van der Waals surface area contributed by atoms with Crippen LogP contribution in [-0.2, 0) is 20.4 Å². The molecule has 0 fully saturated rings. The van der Waals surface area contributed by atoms with E-state index in [1.807, 2.05) is 0 Å². The summed E-state index contributed by atoms with van der Waals surface area (Å²) >= 11 is 0. The van der Waals surface area contributed by atoms with Gasteiger partial charge < -0.3 is 0 Å². The maximum absolute atomic E-state index is 9.56. The maximum Gasteiger partial charge on any atom is 0.373 e. The van der Waals surface area contributed by atoms with Crippen LogP contribution in [0.5, 0.6) is 0 Å². The number of hydrogen-bond acceptors (Lipinski definition) is 3. The highest BCUT2D eigenvalue weighted by Crippen LogP contribution is 1.47. The molecule has 0 aromatic rings. The van der Waals surface area contributed by atoms with Crippen LogP contribution in [0, 0.1) is 0 Å². The van der Waals surface area contributed by atoms with Crippen molar-refractivity contribution < 1.29 is 13.8 Å². The Morgan fingerprint density at radius 3 is 1.29 bits per heavy atom. The summed E-state index contributed by atoms with van der Waals surface area (Å²) in [6, 6.07) is 0. The second kappa shape index (κ2) is 9.11. The molecule has 0 unspecified atom stereocenters. The van der Waals surface area contributed by atoms with E-state index in [2.05, 4.69) is 0 Å². The molecule has 0 aromatic heterocycles.